The molecule has 6 heteroatoms. The number of alkyl carbamates (subject to hydrolysis) is 1. The number of hydrogen-bond acceptors (Lipinski definition) is 4. The van der Waals surface area contributed by atoms with Crippen LogP contribution in [0.5, 0.6) is 0 Å². The van der Waals surface area contributed by atoms with Crippen molar-refractivity contribution >= 4 is 12.1 Å². The smallest absolute Gasteiger partial charge is 0.407 e. The topological polar surface area (TPSA) is 84.9 Å². The summed E-state index contributed by atoms with van der Waals surface area (Å²) in [5.74, 6) is -1.10. The number of carboxylic acids is 1. The molecule has 2 rings (SSSR count). The first-order valence-electron chi connectivity index (χ1n) is 6.27. The first-order chi connectivity index (χ1) is 8.56. The van der Waals surface area contributed by atoms with Gasteiger partial charge in [-0.3, -0.25) is 0 Å². The molecular weight excluding hydrogens is 238 g/mol. The summed E-state index contributed by atoms with van der Waals surface area (Å²) in [6.07, 6.45) is 3.78. The lowest BCUT2D eigenvalue weighted by Gasteiger charge is -2.48. The number of carbonyl (C=O) groups is 2. The van der Waals surface area contributed by atoms with Crippen LogP contribution in [0, 0.1) is 5.92 Å². The highest BCUT2D eigenvalue weighted by atomic mass is 16.5. The molecule has 1 saturated heterocycles. The van der Waals surface area contributed by atoms with Gasteiger partial charge in [-0.15, -0.1) is 0 Å². The molecule has 0 aromatic carbocycles. The molecule has 0 aromatic rings. The highest BCUT2D eigenvalue weighted by Crippen LogP contribution is 2.44. The number of rotatable bonds is 3. The zero-order chi connectivity index (χ0) is 13.2. The van der Waals surface area contributed by atoms with Crippen LogP contribution in [0.15, 0.2) is 0 Å². The minimum Gasteiger partial charge on any atom is -0.480 e. The molecular formula is C12H19NO5. The third-order valence-corrected chi connectivity index (χ3v) is 3.99. The van der Waals surface area contributed by atoms with Gasteiger partial charge in [0.25, 0.3) is 0 Å². The molecule has 0 bridgehead atoms. The summed E-state index contributed by atoms with van der Waals surface area (Å²) in [6.45, 7) is 0.567. The lowest BCUT2D eigenvalue weighted by atomic mass is 9.70. The van der Waals surface area contributed by atoms with Crippen molar-refractivity contribution in [3.05, 3.63) is 0 Å². The molecule has 2 atom stereocenters. The Morgan fingerprint density at radius 3 is 2.72 bits per heavy atom. The zero-order valence-corrected chi connectivity index (χ0v) is 10.5. The van der Waals surface area contributed by atoms with Crippen molar-refractivity contribution in [2.45, 2.75) is 43.7 Å². The van der Waals surface area contributed by atoms with Gasteiger partial charge in [-0.25, -0.2) is 9.59 Å². The molecule has 0 aromatic heterocycles. The van der Waals surface area contributed by atoms with Crippen LogP contribution in [0.1, 0.15) is 32.1 Å². The quantitative estimate of drug-likeness (QED) is 0.792. The number of nitrogens with one attached hydrogen (secondary N) is 1. The van der Waals surface area contributed by atoms with Gasteiger partial charge in [0, 0.05) is 6.61 Å². The van der Waals surface area contributed by atoms with E-state index >= 15 is 0 Å². The minimum absolute atomic E-state index is 0.0874. The molecule has 1 aliphatic heterocycles. The monoisotopic (exact) mass is 257 g/mol. The van der Waals surface area contributed by atoms with Gasteiger partial charge in [-0.2, -0.15) is 0 Å². The minimum atomic E-state index is -1.01. The first-order valence-corrected chi connectivity index (χ1v) is 6.27. The highest BCUT2D eigenvalue weighted by Gasteiger charge is 2.46. The second kappa shape index (κ2) is 5.14. The zero-order valence-electron chi connectivity index (χ0n) is 10.5. The second-order valence-electron chi connectivity index (χ2n) is 5.09. The molecule has 1 spiro atoms. The van der Waals surface area contributed by atoms with Gasteiger partial charge in [0.05, 0.1) is 12.7 Å². The Balaban J connectivity index is 2.01. The van der Waals surface area contributed by atoms with Crippen LogP contribution in [0.4, 0.5) is 4.79 Å². The van der Waals surface area contributed by atoms with E-state index in [1.807, 2.05) is 0 Å². The summed E-state index contributed by atoms with van der Waals surface area (Å²) < 4.78 is 10.2. The number of amides is 1. The van der Waals surface area contributed by atoms with Crippen LogP contribution in [0.2, 0.25) is 0 Å². The number of hydrogen-bond donors (Lipinski definition) is 2. The highest BCUT2D eigenvalue weighted by molar-refractivity contribution is 5.80. The molecule has 1 heterocycles. The van der Waals surface area contributed by atoms with E-state index in [9.17, 15) is 14.7 Å². The average Bonchev–Trinajstić information content (AvgIpc) is 2.33. The number of carbonyl (C=O) groups excluding carboxylic acids is 1. The van der Waals surface area contributed by atoms with Crippen LogP contribution >= 0.6 is 0 Å². The third-order valence-electron chi connectivity index (χ3n) is 3.99. The van der Waals surface area contributed by atoms with Crippen LogP contribution in [-0.2, 0) is 14.3 Å². The van der Waals surface area contributed by atoms with Crippen molar-refractivity contribution in [2.24, 2.45) is 5.92 Å². The van der Waals surface area contributed by atoms with E-state index in [1.54, 1.807) is 0 Å². The summed E-state index contributed by atoms with van der Waals surface area (Å²) in [7, 11) is 1.23. The lowest BCUT2D eigenvalue weighted by Crippen LogP contribution is -2.53. The molecule has 0 radical (unpaired) electrons. The molecule has 1 saturated carbocycles. The van der Waals surface area contributed by atoms with Gasteiger partial charge in [-0.05, 0) is 38.0 Å². The van der Waals surface area contributed by atoms with Crippen molar-refractivity contribution in [1.29, 1.82) is 0 Å². The Morgan fingerprint density at radius 1 is 1.50 bits per heavy atom. The second-order valence-corrected chi connectivity index (χ2v) is 5.09. The van der Waals surface area contributed by atoms with Crippen LogP contribution in [0.3, 0.4) is 0 Å². The third kappa shape index (κ3) is 2.58. The molecule has 2 unspecified atom stereocenters. The summed E-state index contributed by atoms with van der Waals surface area (Å²) in [6, 6.07) is -0.890. The van der Waals surface area contributed by atoms with E-state index in [2.05, 4.69) is 10.1 Å². The lowest BCUT2D eigenvalue weighted by molar-refractivity contribution is -0.157. The summed E-state index contributed by atoms with van der Waals surface area (Å²) >= 11 is 0. The van der Waals surface area contributed by atoms with Crippen LogP contribution in [0.25, 0.3) is 0 Å². The predicted octanol–water partition coefficient (Wildman–Crippen LogP) is 1.14. The molecule has 6 nitrogen and oxygen atoms in total. The van der Waals surface area contributed by atoms with E-state index in [1.165, 1.54) is 7.11 Å². The van der Waals surface area contributed by atoms with Gasteiger partial charge in [-0.1, -0.05) is 0 Å². The molecule has 18 heavy (non-hydrogen) atoms. The Bertz CT molecular complexity index is 339. The average molecular weight is 257 g/mol. The fourth-order valence-corrected chi connectivity index (χ4v) is 2.84. The summed E-state index contributed by atoms with van der Waals surface area (Å²) in [4.78, 5) is 22.4. The van der Waals surface area contributed by atoms with E-state index in [0.717, 1.165) is 19.3 Å². The van der Waals surface area contributed by atoms with Gasteiger partial charge in [0.1, 0.15) is 6.04 Å². The Labute approximate surface area is 106 Å². The van der Waals surface area contributed by atoms with E-state index in [0.29, 0.717) is 19.4 Å². The van der Waals surface area contributed by atoms with Gasteiger partial charge in [0.15, 0.2) is 0 Å². The number of aliphatic carboxylic acids is 1. The molecule has 102 valence electrons. The summed E-state index contributed by atoms with van der Waals surface area (Å²) in [5.41, 5.74) is -0.131. The first kappa shape index (κ1) is 13.1. The predicted molar refractivity (Wildman–Crippen MR) is 62.2 cm³/mol. The maximum Gasteiger partial charge on any atom is 0.407 e. The SMILES string of the molecule is COC(=O)NC(C(=O)O)C1CCOC2(CCC2)C1. The largest absolute Gasteiger partial charge is 0.480 e. The molecule has 1 amide bonds. The van der Waals surface area contributed by atoms with Crippen LogP contribution < -0.4 is 5.32 Å². The maximum absolute atomic E-state index is 11.3. The van der Waals surface area contributed by atoms with E-state index < -0.39 is 18.1 Å². The Morgan fingerprint density at radius 2 is 2.22 bits per heavy atom. The number of carboxylic acid groups (broad SMARTS) is 1. The van der Waals surface area contributed by atoms with E-state index in [4.69, 9.17) is 4.74 Å². The van der Waals surface area contributed by atoms with Crippen LogP contribution in [-0.4, -0.2) is 42.5 Å². The van der Waals surface area contributed by atoms with Crippen molar-refractivity contribution < 1.29 is 24.2 Å². The molecule has 2 aliphatic rings. The Kier molecular flexibility index (Phi) is 3.75. The van der Waals surface area contributed by atoms with Gasteiger partial charge >= 0.3 is 12.1 Å². The van der Waals surface area contributed by atoms with Gasteiger partial charge < -0.3 is 19.9 Å². The maximum atomic E-state index is 11.3. The fraction of sp³-hybridized carbons (Fsp3) is 0.833. The molecule has 2 fully saturated rings. The van der Waals surface area contributed by atoms with Crippen molar-refractivity contribution in [3.63, 3.8) is 0 Å². The standard InChI is InChI=1S/C12H19NO5/c1-17-11(16)13-9(10(14)15)8-3-6-18-12(7-8)4-2-5-12/h8-9H,2-7H2,1H3,(H,13,16)(H,14,15). The van der Waals surface area contributed by atoms with Crippen molar-refractivity contribution in [1.82, 2.24) is 5.32 Å². The Hall–Kier alpha value is -1.30. The normalized spacial score (nSPS) is 27.1. The van der Waals surface area contributed by atoms with Crippen molar-refractivity contribution in [2.75, 3.05) is 13.7 Å². The molecule has 1 aliphatic carbocycles. The summed E-state index contributed by atoms with van der Waals surface area (Å²) in [5, 5.41) is 11.6. The number of ether oxygens (including phenoxy) is 2. The van der Waals surface area contributed by atoms with E-state index in [-0.39, 0.29) is 11.5 Å². The fourth-order valence-electron chi connectivity index (χ4n) is 2.84. The number of methoxy groups -OCH3 is 1. The molecule has 2 N–H and O–H groups in total. The van der Waals surface area contributed by atoms with Gasteiger partial charge in [0.2, 0.25) is 0 Å². The van der Waals surface area contributed by atoms with Crippen molar-refractivity contribution in [3.8, 4) is 0 Å².